The van der Waals surface area contributed by atoms with E-state index in [1.807, 2.05) is 32.4 Å². The van der Waals surface area contributed by atoms with Crippen molar-refractivity contribution in [2.45, 2.75) is 57.4 Å². The Kier molecular flexibility index (Phi) is 10.4. The van der Waals surface area contributed by atoms with E-state index in [2.05, 4.69) is 0 Å². The second-order valence-corrected chi connectivity index (χ2v) is 10.9. The molecule has 0 fully saturated rings. The molecule has 32 heavy (non-hydrogen) atoms. The third kappa shape index (κ3) is 6.32. The van der Waals surface area contributed by atoms with E-state index >= 15 is 0 Å². The first kappa shape index (κ1) is 28.6. The first-order chi connectivity index (χ1) is 14.4. The van der Waals surface area contributed by atoms with E-state index in [1.165, 1.54) is 26.2 Å². The Bertz CT molecular complexity index is 1060. The molecule has 0 saturated carbocycles. The van der Waals surface area contributed by atoms with E-state index in [-0.39, 0.29) is 53.0 Å². The lowest BCUT2D eigenvalue weighted by Crippen LogP contribution is -2.22. The summed E-state index contributed by atoms with van der Waals surface area (Å²) in [6, 6.07) is 4.89. The number of nitrogens with two attached hydrogens (primary N) is 1. The van der Waals surface area contributed by atoms with Crippen LogP contribution in [0.5, 0.6) is 0 Å². The number of rotatable bonds is 9. The van der Waals surface area contributed by atoms with Crippen molar-refractivity contribution in [1.82, 2.24) is 14.1 Å². The molecule has 2 N–H and O–H groups in total. The average molecular weight is 508 g/mol. The number of nitrogens with zero attached hydrogens (tertiary/aromatic N) is 3. The van der Waals surface area contributed by atoms with Gasteiger partial charge in [-0.05, 0) is 35.6 Å². The minimum Gasteiger partial charge on any atom is -0.327 e. The van der Waals surface area contributed by atoms with Gasteiger partial charge in [0.15, 0.2) is 0 Å². The van der Waals surface area contributed by atoms with Crippen molar-refractivity contribution in [3.05, 3.63) is 57.6 Å². The first-order valence-corrected chi connectivity index (χ1v) is 12.1. The van der Waals surface area contributed by atoms with Crippen LogP contribution in [0, 0.1) is 0 Å². The van der Waals surface area contributed by atoms with Crippen molar-refractivity contribution in [2.75, 3.05) is 20.6 Å². The van der Waals surface area contributed by atoms with Crippen molar-refractivity contribution in [2.24, 2.45) is 5.73 Å². The largest absolute Gasteiger partial charge is 0.327 e. The van der Waals surface area contributed by atoms with Crippen LogP contribution in [0.3, 0.4) is 0 Å². The molecule has 0 radical (unpaired) electrons. The minimum absolute atomic E-state index is 0. The standard InChI is InChI=1S/C22H32ClFN4O2S.ClH/c1-14(2)21-18(12-17(24)9-10-25)22(15(3)4)28(26-21)13-16-7-8-20(19(23)11-16)31(29,30)27(5)6;/h7-9,11,14-15H,10,12-13,25H2,1-6H3;1H. The van der Waals surface area contributed by atoms with Gasteiger partial charge in [0.05, 0.1) is 17.3 Å². The molecule has 0 aliphatic carbocycles. The van der Waals surface area contributed by atoms with Crippen LogP contribution in [-0.2, 0) is 23.0 Å². The van der Waals surface area contributed by atoms with Crippen LogP contribution in [0.4, 0.5) is 4.39 Å². The zero-order chi connectivity index (χ0) is 23.5. The topological polar surface area (TPSA) is 81.2 Å². The van der Waals surface area contributed by atoms with Crippen molar-refractivity contribution in [3.8, 4) is 0 Å². The van der Waals surface area contributed by atoms with Crippen LogP contribution in [0.1, 0.15) is 62.0 Å². The summed E-state index contributed by atoms with van der Waals surface area (Å²) < 4.78 is 42.2. The summed E-state index contributed by atoms with van der Waals surface area (Å²) >= 11 is 6.31. The molecule has 0 spiro atoms. The molecular formula is C22H33Cl2FN4O2S. The van der Waals surface area contributed by atoms with Crippen molar-refractivity contribution < 1.29 is 12.8 Å². The molecular weight excluding hydrogens is 474 g/mol. The van der Waals surface area contributed by atoms with Gasteiger partial charge in [-0.3, -0.25) is 4.68 Å². The van der Waals surface area contributed by atoms with E-state index in [0.29, 0.717) is 6.54 Å². The highest BCUT2D eigenvalue weighted by Crippen LogP contribution is 2.31. The molecule has 2 aromatic rings. The van der Waals surface area contributed by atoms with Crippen molar-refractivity contribution in [1.29, 1.82) is 0 Å². The number of benzene rings is 1. The van der Waals surface area contributed by atoms with Crippen LogP contribution in [0.25, 0.3) is 0 Å². The minimum atomic E-state index is -3.63. The van der Waals surface area contributed by atoms with Gasteiger partial charge in [-0.15, -0.1) is 12.4 Å². The van der Waals surface area contributed by atoms with Crippen molar-refractivity contribution >= 4 is 34.0 Å². The van der Waals surface area contributed by atoms with Crippen LogP contribution in [0.15, 0.2) is 35.0 Å². The lowest BCUT2D eigenvalue weighted by atomic mass is 9.96. The lowest BCUT2D eigenvalue weighted by Gasteiger charge is -2.15. The number of allylic oxidation sites excluding steroid dienone is 1. The SMILES string of the molecule is CC(C)c1nn(Cc2ccc(S(=O)(=O)N(C)C)c(Cl)c2)c(C(C)C)c1CC(F)=CCN.Cl. The van der Waals surface area contributed by atoms with E-state index in [4.69, 9.17) is 22.4 Å². The fraction of sp³-hybridized carbons (Fsp3) is 0.500. The van der Waals surface area contributed by atoms with Gasteiger partial charge in [0.25, 0.3) is 0 Å². The first-order valence-electron chi connectivity index (χ1n) is 10.2. The molecule has 1 aromatic carbocycles. The summed E-state index contributed by atoms with van der Waals surface area (Å²) in [7, 11) is -0.703. The third-order valence-electron chi connectivity index (χ3n) is 4.99. The number of halogens is 3. The summed E-state index contributed by atoms with van der Waals surface area (Å²) in [4.78, 5) is 0.0602. The molecule has 0 bridgehead atoms. The molecule has 1 aromatic heterocycles. The Hall–Kier alpha value is -1.45. The molecule has 0 atom stereocenters. The Labute approximate surface area is 202 Å². The predicted octanol–water partition coefficient (Wildman–Crippen LogP) is 4.86. The summed E-state index contributed by atoms with van der Waals surface area (Å²) in [6.45, 7) is 8.70. The Morgan fingerprint density at radius 3 is 2.34 bits per heavy atom. The number of hydrogen-bond acceptors (Lipinski definition) is 4. The van der Waals surface area contributed by atoms with Crippen LogP contribution in [0.2, 0.25) is 5.02 Å². The number of aromatic nitrogens is 2. The molecule has 0 amide bonds. The Morgan fingerprint density at radius 2 is 1.88 bits per heavy atom. The fourth-order valence-electron chi connectivity index (χ4n) is 3.53. The van der Waals surface area contributed by atoms with Crippen molar-refractivity contribution in [3.63, 3.8) is 0 Å². The van der Waals surface area contributed by atoms with Crippen LogP contribution >= 0.6 is 24.0 Å². The Balaban J connectivity index is 0.00000512. The zero-order valence-corrected chi connectivity index (χ0v) is 21.8. The molecule has 6 nitrogen and oxygen atoms in total. The van der Waals surface area contributed by atoms with Gasteiger partial charge in [0.2, 0.25) is 10.0 Å². The molecule has 10 heteroatoms. The molecule has 1 heterocycles. The second-order valence-electron chi connectivity index (χ2n) is 8.33. The number of hydrogen-bond donors (Lipinski definition) is 1. The maximum absolute atomic E-state index is 14.4. The summed E-state index contributed by atoms with van der Waals surface area (Å²) in [5.74, 6) is -0.0349. The zero-order valence-electron chi connectivity index (χ0n) is 19.4. The highest BCUT2D eigenvalue weighted by molar-refractivity contribution is 7.89. The highest BCUT2D eigenvalue weighted by atomic mass is 35.5. The smallest absolute Gasteiger partial charge is 0.244 e. The Morgan fingerprint density at radius 1 is 1.25 bits per heavy atom. The van der Waals surface area contributed by atoms with Gasteiger partial charge in [-0.25, -0.2) is 17.1 Å². The van der Waals surface area contributed by atoms with Gasteiger partial charge in [0, 0.05) is 38.3 Å². The van der Waals surface area contributed by atoms with E-state index in [9.17, 15) is 12.8 Å². The van der Waals surface area contributed by atoms with Gasteiger partial charge in [-0.2, -0.15) is 5.10 Å². The lowest BCUT2D eigenvalue weighted by molar-refractivity contribution is 0.520. The molecule has 0 aliphatic heterocycles. The molecule has 0 unspecified atom stereocenters. The maximum Gasteiger partial charge on any atom is 0.244 e. The van der Waals surface area contributed by atoms with E-state index < -0.39 is 10.0 Å². The predicted molar refractivity (Wildman–Crippen MR) is 131 cm³/mol. The summed E-state index contributed by atoms with van der Waals surface area (Å²) in [5.41, 5.74) is 8.96. The molecule has 2 rings (SSSR count). The van der Waals surface area contributed by atoms with Gasteiger partial charge in [-0.1, -0.05) is 45.4 Å². The van der Waals surface area contributed by atoms with Gasteiger partial charge in [0.1, 0.15) is 10.7 Å². The quantitative estimate of drug-likeness (QED) is 0.526. The summed E-state index contributed by atoms with van der Waals surface area (Å²) in [6.07, 6.45) is 1.54. The summed E-state index contributed by atoms with van der Waals surface area (Å²) in [5, 5.41) is 4.95. The maximum atomic E-state index is 14.4. The average Bonchev–Trinajstić information content (AvgIpc) is 2.99. The highest BCUT2D eigenvalue weighted by Gasteiger charge is 2.24. The fourth-order valence-corrected chi connectivity index (χ4v) is 4.97. The van der Waals surface area contributed by atoms with Gasteiger partial charge < -0.3 is 5.73 Å². The van der Waals surface area contributed by atoms with Gasteiger partial charge >= 0.3 is 0 Å². The normalized spacial score (nSPS) is 12.7. The monoisotopic (exact) mass is 506 g/mol. The van der Waals surface area contributed by atoms with E-state index in [0.717, 1.165) is 26.8 Å². The van der Waals surface area contributed by atoms with E-state index in [1.54, 1.807) is 12.1 Å². The van der Waals surface area contributed by atoms with Crippen LogP contribution in [-0.4, -0.2) is 43.1 Å². The number of sulfonamides is 1. The molecule has 0 aliphatic rings. The van der Waals surface area contributed by atoms with Crippen LogP contribution < -0.4 is 5.73 Å². The molecule has 0 saturated heterocycles. The third-order valence-corrected chi connectivity index (χ3v) is 7.29. The second kappa shape index (κ2) is 11.6. The molecule has 180 valence electrons.